The lowest BCUT2D eigenvalue weighted by atomic mass is 9.99. The topological polar surface area (TPSA) is 91.4 Å². The number of hydrogen-bond acceptors (Lipinski definition) is 6. The van der Waals surface area contributed by atoms with Gasteiger partial charge in [-0.3, -0.25) is 14.4 Å². The highest BCUT2D eigenvalue weighted by atomic mass is 32.2. The molecule has 2 atom stereocenters. The number of benzene rings is 1. The fourth-order valence-corrected chi connectivity index (χ4v) is 5.53. The zero-order valence-electron chi connectivity index (χ0n) is 22.6. The standard InChI is InChI=1S/C27H37FN4O3S2/c1-16-13-18(21-17(2)30-15-37-21)10-11-19(16)14-29-23(33)20-9-8-12-32(20)24(34)22(27(5,6)36-7)31-25(35)26(3,4)28/h10-11,13,15,20,22H,8-9,12,14H2,1-7H3,(H,29,33)(H,31,35)/t20-,22+/m0/s1. The molecule has 1 fully saturated rings. The normalized spacial score (nSPS) is 17.0. The monoisotopic (exact) mass is 548 g/mol. The number of amides is 3. The predicted octanol–water partition coefficient (Wildman–Crippen LogP) is 4.41. The fourth-order valence-electron chi connectivity index (χ4n) is 4.34. The third-order valence-corrected chi connectivity index (χ3v) is 9.19. The molecule has 0 spiro atoms. The van der Waals surface area contributed by atoms with Crippen LogP contribution in [0.5, 0.6) is 0 Å². The van der Waals surface area contributed by atoms with Gasteiger partial charge in [0.1, 0.15) is 12.1 Å². The van der Waals surface area contributed by atoms with E-state index in [9.17, 15) is 18.8 Å². The lowest BCUT2D eigenvalue weighted by Crippen LogP contribution is -2.61. The third-order valence-electron chi connectivity index (χ3n) is 6.93. The van der Waals surface area contributed by atoms with Gasteiger partial charge in [0.2, 0.25) is 11.8 Å². The van der Waals surface area contributed by atoms with Crippen LogP contribution in [0.15, 0.2) is 23.7 Å². The van der Waals surface area contributed by atoms with E-state index in [0.29, 0.717) is 25.9 Å². The van der Waals surface area contributed by atoms with Crippen molar-refractivity contribution < 1.29 is 18.8 Å². The molecule has 3 amide bonds. The Kier molecular flexibility index (Phi) is 9.06. The molecule has 2 N–H and O–H groups in total. The van der Waals surface area contributed by atoms with E-state index in [0.717, 1.165) is 41.1 Å². The molecule has 1 aliphatic rings. The molecule has 2 heterocycles. The zero-order valence-corrected chi connectivity index (χ0v) is 24.2. The van der Waals surface area contributed by atoms with E-state index in [4.69, 9.17) is 0 Å². The summed E-state index contributed by atoms with van der Waals surface area (Å²) < 4.78 is 13.6. The number of nitrogens with zero attached hydrogens (tertiary/aromatic N) is 2. The molecule has 1 aliphatic heterocycles. The molecule has 37 heavy (non-hydrogen) atoms. The van der Waals surface area contributed by atoms with Gasteiger partial charge in [-0.15, -0.1) is 11.3 Å². The number of rotatable bonds is 9. The van der Waals surface area contributed by atoms with E-state index >= 15 is 0 Å². The minimum absolute atomic E-state index is 0.231. The second-order valence-corrected chi connectivity index (χ2v) is 12.8. The molecule has 1 aromatic heterocycles. The lowest BCUT2D eigenvalue weighted by Gasteiger charge is -2.37. The number of hydrogen-bond donors (Lipinski definition) is 2. The van der Waals surface area contributed by atoms with Gasteiger partial charge in [-0.05, 0) is 77.3 Å². The number of thiazole rings is 1. The second kappa shape index (κ2) is 11.5. The van der Waals surface area contributed by atoms with E-state index in [1.807, 2.05) is 51.6 Å². The smallest absolute Gasteiger partial charge is 0.257 e. The summed E-state index contributed by atoms with van der Waals surface area (Å²) in [6.07, 6.45) is 3.06. The van der Waals surface area contributed by atoms with Crippen molar-refractivity contribution >= 4 is 40.8 Å². The van der Waals surface area contributed by atoms with Crippen molar-refractivity contribution in [3.63, 3.8) is 0 Å². The molecule has 0 bridgehead atoms. The number of alkyl halides is 1. The van der Waals surface area contributed by atoms with Gasteiger partial charge in [0.05, 0.1) is 16.1 Å². The Hall–Kier alpha value is -2.46. The fraction of sp³-hybridized carbons (Fsp3) is 0.556. The van der Waals surface area contributed by atoms with Crippen LogP contribution in [-0.4, -0.2) is 62.9 Å². The van der Waals surface area contributed by atoms with Crippen LogP contribution in [0.25, 0.3) is 10.4 Å². The SMILES string of the molecule is CSC(C)(C)[C@H](NC(=O)C(C)(C)F)C(=O)N1CCC[C@H]1C(=O)NCc1ccc(-c2scnc2C)cc1C. The minimum atomic E-state index is -2.12. The summed E-state index contributed by atoms with van der Waals surface area (Å²) in [6.45, 7) is 10.7. The molecule has 10 heteroatoms. The Morgan fingerprint density at radius 1 is 1.24 bits per heavy atom. The van der Waals surface area contributed by atoms with Crippen molar-refractivity contribution in [2.45, 2.75) is 83.4 Å². The molecule has 0 aliphatic carbocycles. The number of halogens is 1. The van der Waals surface area contributed by atoms with E-state index in [-0.39, 0.29) is 11.8 Å². The Bertz CT molecular complexity index is 1160. The van der Waals surface area contributed by atoms with Crippen LogP contribution in [0.1, 0.15) is 57.4 Å². The summed E-state index contributed by atoms with van der Waals surface area (Å²) in [6, 6.07) is 4.53. The molecule has 1 saturated heterocycles. The van der Waals surface area contributed by atoms with Gasteiger partial charge in [0.25, 0.3) is 5.91 Å². The predicted molar refractivity (Wildman–Crippen MR) is 148 cm³/mol. The lowest BCUT2D eigenvalue weighted by molar-refractivity contribution is -0.143. The summed E-state index contributed by atoms with van der Waals surface area (Å²) in [4.78, 5) is 46.2. The van der Waals surface area contributed by atoms with E-state index in [2.05, 4.69) is 21.7 Å². The molecule has 202 valence electrons. The summed E-state index contributed by atoms with van der Waals surface area (Å²) in [7, 11) is 0. The van der Waals surface area contributed by atoms with Gasteiger partial charge in [-0.2, -0.15) is 11.8 Å². The molecule has 1 aromatic carbocycles. The van der Waals surface area contributed by atoms with Crippen molar-refractivity contribution in [3.05, 3.63) is 40.5 Å². The molecule has 0 saturated carbocycles. The van der Waals surface area contributed by atoms with Crippen molar-refractivity contribution in [2.75, 3.05) is 12.8 Å². The molecule has 3 rings (SSSR count). The molecule has 0 radical (unpaired) electrons. The molecule has 2 aromatic rings. The van der Waals surface area contributed by atoms with Crippen LogP contribution >= 0.6 is 23.1 Å². The van der Waals surface area contributed by atoms with Crippen LogP contribution in [-0.2, 0) is 20.9 Å². The third kappa shape index (κ3) is 6.71. The van der Waals surface area contributed by atoms with Crippen LogP contribution in [0, 0.1) is 13.8 Å². The van der Waals surface area contributed by atoms with Gasteiger partial charge >= 0.3 is 0 Å². The summed E-state index contributed by atoms with van der Waals surface area (Å²) in [5.74, 6) is -1.44. The Labute approximate surface area is 227 Å². The number of nitrogens with one attached hydrogen (secondary N) is 2. The van der Waals surface area contributed by atoms with Gasteiger partial charge in [0.15, 0.2) is 5.67 Å². The van der Waals surface area contributed by atoms with Crippen molar-refractivity contribution in [3.8, 4) is 10.4 Å². The van der Waals surface area contributed by atoms with Crippen LogP contribution in [0.2, 0.25) is 0 Å². The van der Waals surface area contributed by atoms with E-state index in [1.54, 1.807) is 11.3 Å². The number of carbonyl (C=O) groups is 3. The first-order valence-electron chi connectivity index (χ1n) is 12.4. The van der Waals surface area contributed by atoms with Crippen molar-refractivity contribution in [2.24, 2.45) is 0 Å². The van der Waals surface area contributed by atoms with Crippen molar-refractivity contribution in [1.29, 1.82) is 0 Å². The van der Waals surface area contributed by atoms with Crippen LogP contribution in [0.3, 0.4) is 0 Å². The quantitative estimate of drug-likeness (QED) is 0.485. The highest BCUT2D eigenvalue weighted by Crippen LogP contribution is 2.31. The highest BCUT2D eigenvalue weighted by Gasteiger charge is 2.44. The molecule has 7 nitrogen and oxygen atoms in total. The average molecular weight is 549 g/mol. The Balaban J connectivity index is 1.71. The zero-order chi connectivity index (χ0) is 27.5. The number of thioether (sulfide) groups is 1. The highest BCUT2D eigenvalue weighted by molar-refractivity contribution is 8.00. The summed E-state index contributed by atoms with van der Waals surface area (Å²) in [5.41, 5.74) is 3.85. The summed E-state index contributed by atoms with van der Waals surface area (Å²) >= 11 is 3.00. The van der Waals surface area contributed by atoms with Crippen molar-refractivity contribution in [1.82, 2.24) is 20.5 Å². The molecule has 0 unspecified atom stereocenters. The van der Waals surface area contributed by atoms with Gasteiger partial charge in [-0.25, -0.2) is 9.37 Å². The number of aryl methyl sites for hydroxylation is 2. The van der Waals surface area contributed by atoms with Gasteiger partial charge in [0, 0.05) is 17.8 Å². The second-order valence-electron chi connectivity index (χ2n) is 10.5. The van der Waals surface area contributed by atoms with Crippen LogP contribution in [0.4, 0.5) is 4.39 Å². The maximum atomic E-state index is 14.3. The van der Waals surface area contributed by atoms with E-state index in [1.165, 1.54) is 16.7 Å². The number of carbonyl (C=O) groups excluding carboxylic acids is 3. The average Bonchev–Trinajstić information content (AvgIpc) is 3.49. The maximum Gasteiger partial charge on any atom is 0.257 e. The first-order chi connectivity index (χ1) is 17.3. The molecular formula is C27H37FN4O3S2. The minimum Gasteiger partial charge on any atom is -0.350 e. The van der Waals surface area contributed by atoms with Gasteiger partial charge in [-0.1, -0.05) is 18.2 Å². The van der Waals surface area contributed by atoms with E-state index < -0.39 is 28.4 Å². The van der Waals surface area contributed by atoms with Crippen LogP contribution < -0.4 is 10.6 Å². The molecular weight excluding hydrogens is 511 g/mol. The summed E-state index contributed by atoms with van der Waals surface area (Å²) in [5, 5.41) is 5.60. The number of aromatic nitrogens is 1. The Morgan fingerprint density at radius 2 is 1.95 bits per heavy atom. The number of likely N-dealkylation sites (tertiary alicyclic amines) is 1. The largest absolute Gasteiger partial charge is 0.350 e. The van der Waals surface area contributed by atoms with Gasteiger partial charge < -0.3 is 15.5 Å². The Morgan fingerprint density at radius 3 is 2.51 bits per heavy atom. The first-order valence-corrected chi connectivity index (χ1v) is 14.5. The first kappa shape index (κ1) is 29.1. The maximum absolute atomic E-state index is 14.3.